The van der Waals surface area contributed by atoms with Crippen molar-refractivity contribution < 1.29 is 9.90 Å². The van der Waals surface area contributed by atoms with E-state index in [0.29, 0.717) is 16.3 Å². The Hall–Kier alpha value is -2.53. The summed E-state index contributed by atoms with van der Waals surface area (Å²) in [4.78, 5) is 20.2. The molecule has 2 heterocycles. The third kappa shape index (κ3) is 2.68. The van der Waals surface area contributed by atoms with Gasteiger partial charge in [0.25, 0.3) is 0 Å². The van der Waals surface area contributed by atoms with Gasteiger partial charge in [-0.2, -0.15) is 0 Å². The summed E-state index contributed by atoms with van der Waals surface area (Å²) in [5.74, 6) is -0.968. The van der Waals surface area contributed by atoms with Crippen LogP contribution in [0.15, 0.2) is 48.8 Å². The molecule has 3 aromatic rings. The van der Waals surface area contributed by atoms with E-state index in [1.807, 2.05) is 37.3 Å². The standard InChI is InChI=1S/C16H12N2O2S/c1-10-4-6-11(7-5-10)15-18-13(14(21-15)16(19)20)12-3-2-8-17-9-12/h2-9H,1H3,(H,19,20). The molecule has 0 amide bonds. The Labute approximate surface area is 125 Å². The van der Waals surface area contributed by atoms with Crippen LogP contribution < -0.4 is 0 Å². The van der Waals surface area contributed by atoms with E-state index in [1.54, 1.807) is 18.5 Å². The number of carboxylic acid groups (broad SMARTS) is 1. The molecule has 0 unspecified atom stereocenters. The zero-order valence-corrected chi connectivity index (χ0v) is 12.1. The highest BCUT2D eigenvalue weighted by Gasteiger charge is 2.19. The van der Waals surface area contributed by atoms with Crippen molar-refractivity contribution in [2.24, 2.45) is 0 Å². The first-order valence-electron chi connectivity index (χ1n) is 6.36. The van der Waals surface area contributed by atoms with Crippen molar-refractivity contribution in [2.75, 3.05) is 0 Å². The van der Waals surface area contributed by atoms with Gasteiger partial charge < -0.3 is 5.11 Å². The van der Waals surface area contributed by atoms with Gasteiger partial charge in [-0.25, -0.2) is 9.78 Å². The zero-order chi connectivity index (χ0) is 14.8. The van der Waals surface area contributed by atoms with E-state index in [4.69, 9.17) is 0 Å². The molecule has 0 aliphatic carbocycles. The third-order valence-electron chi connectivity index (χ3n) is 3.05. The lowest BCUT2D eigenvalue weighted by atomic mass is 10.1. The van der Waals surface area contributed by atoms with Gasteiger partial charge in [0.2, 0.25) is 0 Å². The molecule has 0 saturated carbocycles. The molecular weight excluding hydrogens is 284 g/mol. The number of nitrogens with zero attached hydrogens (tertiary/aromatic N) is 2. The molecule has 2 aromatic heterocycles. The first-order chi connectivity index (χ1) is 10.1. The number of hydrogen-bond donors (Lipinski definition) is 1. The summed E-state index contributed by atoms with van der Waals surface area (Å²) < 4.78 is 0. The van der Waals surface area contributed by atoms with Crippen molar-refractivity contribution in [3.05, 3.63) is 59.2 Å². The number of aromatic carboxylic acids is 1. The number of pyridine rings is 1. The predicted octanol–water partition coefficient (Wildman–Crippen LogP) is 3.88. The van der Waals surface area contributed by atoms with Crippen LogP contribution in [0, 0.1) is 6.92 Å². The molecule has 104 valence electrons. The van der Waals surface area contributed by atoms with Gasteiger partial charge in [-0.1, -0.05) is 29.8 Å². The molecule has 0 bridgehead atoms. The molecular formula is C16H12N2O2S. The highest BCUT2D eigenvalue weighted by molar-refractivity contribution is 7.17. The fourth-order valence-electron chi connectivity index (χ4n) is 1.98. The summed E-state index contributed by atoms with van der Waals surface area (Å²) in [6.07, 6.45) is 3.28. The maximum Gasteiger partial charge on any atom is 0.348 e. The molecule has 0 fully saturated rings. The second-order valence-corrected chi connectivity index (χ2v) is 5.61. The van der Waals surface area contributed by atoms with Gasteiger partial charge in [0.15, 0.2) is 0 Å². The molecule has 0 aliphatic rings. The first-order valence-corrected chi connectivity index (χ1v) is 7.18. The minimum absolute atomic E-state index is 0.235. The Morgan fingerprint density at radius 1 is 1.14 bits per heavy atom. The monoisotopic (exact) mass is 296 g/mol. The van der Waals surface area contributed by atoms with Crippen LogP contribution in [0.1, 0.15) is 15.2 Å². The summed E-state index contributed by atoms with van der Waals surface area (Å²) in [6.45, 7) is 2.01. The van der Waals surface area contributed by atoms with E-state index in [-0.39, 0.29) is 4.88 Å². The van der Waals surface area contributed by atoms with Crippen LogP contribution in [0.3, 0.4) is 0 Å². The van der Waals surface area contributed by atoms with Crippen molar-refractivity contribution in [3.8, 4) is 21.8 Å². The van der Waals surface area contributed by atoms with Crippen molar-refractivity contribution in [1.29, 1.82) is 0 Å². The van der Waals surface area contributed by atoms with Crippen LogP contribution in [0.5, 0.6) is 0 Å². The lowest BCUT2D eigenvalue weighted by molar-refractivity contribution is 0.0702. The maximum absolute atomic E-state index is 11.4. The minimum Gasteiger partial charge on any atom is -0.477 e. The molecule has 0 radical (unpaired) electrons. The van der Waals surface area contributed by atoms with Crippen molar-refractivity contribution in [1.82, 2.24) is 9.97 Å². The number of aromatic nitrogens is 2. The van der Waals surface area contributed by atoms with Gasteiger partial charge in [-0.3, -0.25) is 4.98 Å². The average Bonchev–Trinajstić information content (AvgIpc) is 2.94. The highest BCUT2D eigenvalue weighted by atomic mass is 32.1. The minimum atomic E-state index is -0.968. The van der Waals surface area contributed by atoms with Crippen LogP contribution >= 0.6 is 11.3 Å². The maximum atomic E-state index is 11.4. The number of aryl methyl sites for hydroxylation is 1. The largest absolute Gasteiger partial charge is 0.477 e. The lowest BCUT2D eigenvalue weighted by Gasteiger charge is -1.97. The topological polar surface area (TPSA) is 63.1 Å². The molecule has 0 aliphatic heterocycles. The average molecular weight is 296 g/mol. The van der Waals surface area contributed by atoms with E-state index in [9.17, 15) is 9.90 Å². The first kappa shape index (κ1) is 13.5. The third-order valence-corrected chi connectivity index (χ3v) is 4.15. The van der Waals surface area contributed by atoms with Crippen LogP contribution in [-0.4, -0.2) is 21.0 Å². The molecule has 5 heteroatoms. The van der Waals surface area contributed by atoms with Crippen LogP contribution in [0.2, 0.25) is 0 Å². The summed E-state index contributed by atoms with van der Waals surface area (Å²) in [5.41, 5.74) is 3.25. The predicted molar refractivity (Wildman–Crippen MR) is 82.5 cm³/mol. The molecule has 4 nitrogen and oxygen atoms in total. The van der Waals surface area contributed by atoms with Gasteiger partial charge in [0.05, 0.1) is 5.69 Å². The molecule has 0 spiro atoms. The van der Waals surface area contributed by atoms with E-state index in [1.165, 1.54) is 11.3 Å². The second-order valence-electron chi connectivity index (χ2n) is 4.61. The number of rotatable bonds is 3. The number of carbonyl (C=O) groups is 1. The zero-order valence-electron chi connectivity index (χ0n) is 11.3. The molecule has 0 atom stereocenters. The highest BCUT2D eigenvalue weighted by Crippen LogP contribution is 2.33. The summed E-state index contributed by atoms with van der Waals surface area (Å²) in [7, 11) is 0. The molecule has 3 rings (SSSR count). The summed E-state index contributed by atoms with van der Waals surface area (Å²) in [5, 5.41) is 10.1. The van der Waals surface area contributed by atoms with E-state index >= 15 is 0 Å². The quantitative estimate of drug-likeness (QED) is 0.796. The number of carboxylic acids is 1. The Bertz CT molecular complexity index is 780. The normalized spacial score (nSPS) is 10.5. The number of thiazole rings is 1. The molecule has 1 aromatic carbocycles. The Morgan fingerprint density at radius 2 is 1.90 bits per heavy atom. The van der Waals surface area contributed by atoms with E-state index in [0.717, 1.165) is 11.1 Å². The van der Waals surface area contributed by atoms with Crippen molar-refractivity contribution in [3.63, 3.8) is 0 Å². The smallest absolute Gasteiger partial charge is 0.348 e. The van der Waals surface area contributed by atoms with Gasteiger partial charge in [0, 0.05) is 23.5 Å². The Kier molecular flexibility index (Phi) is 3.50. The molecule has 0 saturated heterocycles. The SMILES string of the molecule is Cc1ccc(-c2nc(-c3cccnc3)c(C(=O)O)s2)cc1. The van der Waals surface area contributed by atoms with Gasteiger partial charge >= 0.3 is 5.97 Å². The molecule has 1 N–H and O–H groups in total. The van der Waals surface area contributed by atoms with Gasteiger partial charge in [-0.05, 0) is 19.1 Å². The summed E-state index contributed by atoms with van der Waals surface area (Å²) >= 11 is 1.18. The van der Waals surface area contributed by atoms with Crippen LogP contribution in [0.4, 0.5) is 0 Å². The Balaban J connectivity index is 2.13. The van der Waals surface area contributed by atoms with E-state index in [2.05, 4.69) is 9.97 Å². The van der Waals surface area contributed by atoms with Crippen molar-refractivity contribution in [2.45, 2.75) is 6.92 Å². The molecule has 21 heavy (non-hydrogen) atoms. The van der Waals surface area contributed by atoms with Gasteiger partial charge in [0.1, 0.15) is 9.88 Å². The van der Waals surface area contributed by atoms with Crippen molar-refractivity contribution >= 4 is 17.3 Å². The van der Waals surface area contributed by atoms with E-state index < -0.39 is 5.97 Å². The Morgan fingerprint density at radius 3 is 2.52 bits per heavy atom. The number of benzene rings is 1. The lowest BCUT2D eigenvalue weighted by Crippen LogP contribution is -1.95. The van der Waals surface area contributed by atoms with Crippen LogP contribution in [0.25, 0.3) is 21.8 Å². The number of hydrogen-bond acceptors (Lipinski definition) is 4. The summed E-state index contributed by atoms with van der Waals surface area (Å²) in [6, 6.07) is 11.5. The fraction of sp³-hybridized carbons (Fsp3) is 0.0625. The second kappa shape index (κ2) is 5.46. The van der Waals surface area contributed by atoms with Gasteiger partial charge in [-0.15, -0.1) is 11.3 Å². The van der Waals surface area contributed by atoms with Crippen LogP contribution in [-0.2, 0) is 0 Å². The fourth-order valence-corrected chi connectivity index (χ4v) is 2.91.